The Morgan fingerprint density at radius 1 is 1.26 bits per heavy atom. The molecule has 0 aromatic heterocycles. The number of nitrogens with one attached hydrogen (secondary N) is 2. The minimum atomic E-state index is 0.474. The third kappa shape index (κ3) is 4.02. The fourth-order valence-electron chi connectivity index (χ4n) is 2.05. The van der Waals surface area contributed by atoms with Crippen molar-refractivity contribution < 1.29 is 4.74 Å². The van der Waals surface area contributed by atoms with E-state index in [9.17, 15) is 0 Å². The molecule has 0 radical (unpaired) electrons. The Labute approximate surface area is 114 Å². The third-order valence-electron chi connectivity index (χ3n) is 3.19. The van der Waals surface area contributed by atoms with Crippen molar-refractivity contribution in [2.24, 2.45) is 4.99 Å². The van der Waals surface area contributed by atoms with Crippen molar-refractivity contribution in [1.82, 2.24) is 10.6 Å². The highest BCUT2D eigenvalue weighted by Gasteiger charge is 2.11. The van der Waals surface area contributed by atoms with E-state index >= 15 is 0 Å². The van der Waals surface area contributed by atoms with Crippen LogP contribution >= 0.6 is 0 Å². The molecule has 1 aromatic carbocycles. The van der Waals surface area contributed by atoms with Gasteiger partial charge in [-0.2, -0.15) is 0 Å². The Hall–Kier alpha value is -1.97. The van der Waals surface area contributed by atoms with Crippen LogP contribution in [0, 0.1) is 0 Å². The van der Waals surface area contributed by atoms with Gasteiger partial charge in [0.1, 0.15) is 5.75 Å². The molecular weight excluding hydrogens is 238 g/mol. The van der Waals surface area contributed by atoms with Crippen LogP contribution in [0.5, 0.6) is 5.75 Å². The minimum Gasteiger partial charge on any atom is -0.497 e. The lowest BCUT2D eigenvalue weighted by Crippen LogP contribution is -2.42. The first-order valence-corrected chi connectivity index (χ1v) is 6.57. The molecule has 4 heteroatoms. The molecule has 2 rings (SSSR count). The van der Waals surface area contributed by atoms with Crippen molar-refractivity contribution >= 4 is 5.96 Å². The van der Waals surface area contributed by atoms with Gasteiger partial charge in [0, 0.05) is 19.6 Å². The quantitative estimate of drug-likeness (QED) is 0.494. The maximum Gasteiger partial charge on any atom is 0.191 e. The Balaban J connectivity index is 1.81. The molecule has 4 nitrogen and oxygen atoms in total. The van der Waals surface area contributed by atoms with E-state index in [1.807, 2.05) is 12.1 Å². The molecule has 0 heterocycles. The van der Waals surface area contributed by atoms with Crippen molar-refractivity contribution in [3.05, 3.63) is 42.0 Å². The number of aliphatic imine (C=N–C) groups is 1. The van der Waals surface area contributed by atoms with E-state index in [4.69, 9.17) is 4.74 Å². The van der Waals surface area contributed by atoms with Gasteiger partial charge >= 0.3 is 0 Å². The third-order valence-corrected chi connectivity index (χ3v) is 3.19. The van der Waals surface area contributed by atoms with Gasteiger partial charge in [0.25, 0.3) is 0 Å². The summed E-state index contributed by atoms with van der Waals surface area (Å²) in [7, 11) is 3.47. The van der Waals surface area contributed by atoms with Crippen LogP contribution in [0.4, 0.5) is 0 Å². The van der Waals surface area contributed by atoms with Crippen molar-refractivity contribution in [3.63, 3.8) is 0 Å². The highest BCUT2D eigenvalue weighted by molar-refractivity contribution is 5.80. The summed E-state index contributed by atoms with van der Waals surface area (Å²) in [5.74, 6) is 1.73. The van der Waals surface area contributed by atoms with Gasteiger partial charge in [-0.05, 0) is 30.5 Å². The minimum absolute atomic E-state index is 0.474. The Kier molecular flexibility index (Phi) is 4.84. The average molecular weight is 259 g/mol. The molecule has 0 bridgehead atoms. The summed E-state index contributed by atoms with van der Waals surface area (Å²) in [5, 5.41) is 6.73. The molecule has 0 saturated heterocycles. The van der Waals surface area contributed by atoms with Crippen LogP contribution in [-0.4, -0.2) is 26.2 Å². The molecule has 0 spiro atoms. The smallest absolute Gasteiger partial charge is 0.191 e. The van der Waals surface area contributed by atoms with E-state index in [-0.39, 0.29) is 0 Å². The molecule has 0 atom stereocenters. The van der Waals surface area contributed by atoms with E-state index < -0.39 is 0 Å². The van der Waals surface area contributed by atoms with Crippen LogP contribution in [0.3, 0.4) is 0 Å². The van der Waals surface area contributed by atoms with Crippen LogP contribution in [-0.2, 0) is 6.54 Å². The summed E-state index contributed by atoms with van der Waals surface area (Å²) in [6, 6.07) is 8.51. The SMILES string of the molecule is CN=C(NCc1ccc(OC)cc1)NC1CC=CC1. The molecular formula is C15H21N3O. The molecule has 0 fully saturated rings. The summed E-state index contributed by atoms with van der Waals surface area (Å²) in [6.07, 6.45) is 6.55. The Morgan fingerprint density at radius 2 is 1.95 bits per heavy atom. The highest BCUT2D eigenvalue weighted by atomic mass is 16.5. The van der Waals surface area contributed by atoms with Gasteiger partial charge in [-0.15, -0.1) is 0 Å². The van der Waals surface area contributed by atoms with Gasteiger partial charge in [0.05, 0.1) is 7.11 Å². The fourth-order valence-corrected chi connectivity index (χ4v) is 2.05. The first-order valence-electron chi connectivity index (χ1n) is 6.57. The van der Waals surface area contributed by atoms with Gasteiger partial charge < -0.3 is 15.4 Å². The van der Waals surface area contributed by atoms with E-state index in [0.717, 1.165) is 31.1 Å². The van der Waals surface area contributed by atoms with Crippen LogP contribution in [0.15, 0.2) is 41.4 Å². The first-order chi connectivity index (χ1) is 9.31. The van der Waals surface area contributed by atoms with Crippen molar-refractivity contribution in [2.45, 2.75) is 25.4 Å². The van der Waals surface area contributed by atoms with E-state index in [0.29, 0.717) is 6.04 Å². The maximum absolute atomic E-state index is 5.14. The van der Waals surface area contributed by atoms with Gasteiger partial charge in [-0.1, -0.05) is 24.3 Å². The van der Waals surface area contributed by atoms with Crippen molar-refractivity contribution in [1.29, 1.82) is 0 Å². The largest absolute Gasteiger partial charge is 0.497 e. The first kappa shape index (κ1) is 13.5. The number of guanidine groups is 1. The summed E-state index contributed by atoms with van der Waals surface area (Å²) in [6.45, 7) is 0.754. The van der Waals surface area contributed by atoms with E-state index in [1.165, 1.54) is 5.56 Å². The Morgan fingerprint density at radius 3 is 2.53 bits per heavy atom. The zero-order valence-corrected chi connectivity index (χ0v) is 11.5. The van der Waals surface area contributed by atoms with Gasteiger partial charge in [0.2, 0.25) is 0 Å². The number of methoxy groups -OCH3 is 1. The summed E-state index contributed by atoms with van der Waals surface area (Å²) < 4.78 is 5.14. The normalized spacial score (nSPS) is 15.6. The molecule has 0 saturated carbocycles. The lowest BCUT2D eigenvalue weighted by atomic mass is 10.2. The predicted molar refractivity (Wildman–Crippen MR) is 78.5 cm³/mol. The van der Waals surface area contributed by atoms with Crippen molar-refractivity contribution in [2.75, 3.05) is 14.2 Å². The second kappa shape index (κ2) is 6.83. The summed E-state index contributed by atoms with van der Waals surface area (Å²) >= 11 is 0. The number of hydrogen-bond acceptors (Lipinski definition) is 2. The Bertz CT molecular complexity index is 443. The number of benzene rings is 1. The van der Waals surface area contributed by atoms with Crippen molar-refractivity contribution in [3.8, 4) is 5.75 Å². The van der Waals surface area contributed by atoms with Crippen LogP contribution < -0.4 is 15.4 Å². The zero-order chi connectivity index (χ0) is 13.5. The number of rotatable bonds is 4. The van der Waals surface area contributed by atoms with Crippen LogP contribution in [0.2, 0.25) is 0 Å². The molecule has 19 heavy (non-hydrogen) atoms. The second-order valence-corrected chi connectivity index (χ2v) is 4.56. The lowest BCUT2D eigenvalue weighted by molar-refractivity contribution is 0.414. The van der Waals surface area contributed by atoms with E-state index in [1.54, 1.807) is 14.2 Å². The molecule has 102 valence electrons. The van der Waals surface area contributed by atoms with E-state index in [2.05, 4.69) is 39.9 Å². The lowest BCUT2D eigenvalue weighted by Gasteiger charge is -2.17. The summed E-state index contributed by atoms with van der Waals surface area (Å²) in [4.78, 5) is 4.24. The molecule has 0 aliphatic heterocycles. The molecule has 0 amide bonds. The predicted octanol–water partition coefficient (Wildman–Crippen LogP) is 2.08. The zero-order valence-electron chi connectivity index (χ0n) is 11.5. The molecule has 0 unspecified atom stereocenters. The standard InChI is InChI=1S/C15H21N3O/c1-16-15(18-13-5-3-4-6-13)17-11-12-7-9-14(19-2)10-8-12/h3-4,7-10,13H,5-6,11H2,1-2H3,(H2,16,17,18). The van der Waals surface area contributed by atoms with Crippen LogP contribution in [0.25, 0.3) is 0 Å². The maximum atomic E-state index is 5.14. The number of hydrogen-bond donors (Lipinski definition) is 2. The molecule has 2 N–H and O–H groups in total. The monoisotopic (exact) mass is 259 g/mol. The van der Waals surface area contributed by atoms with Gasteiger partial charge in [-0.25, -0.2) is 0 Å². The molecule has 1 aliphatic carbocycles. The highest BCUT2D eigenvalue weighted by Crippen LogP contribution is 2.11. The average Bonchev–Trinajstić information content (AvgIpc) is 2.97. The number of nitrogens with zero attached hydrogens (tertiary/aromatic N) is 1. The summed E-state index contributed by atoms with van der Waals surface area (Å²) in [5.41, 5.74) is 1.20. The van der Waals surface area contributed by atoms with Crippen LogP contribution in [0.1, 0.15) is 18.4 Å². The van der Waals surface area contributed by atoms with Gasteiger partial charge in [-0.3, -0.25) is 4.99 Å². The molecule has 1 aliphatic rings. The fraction of sp³-hybridized carbons (Fsp3) is 0.400. The number of ether oxygens (including phenoxy) is 1. The molecule has 1 aromatic rings. The topological polar surface area (TPSA) is 45.7 Å². The second-order valence-electron chi connectivity index (χ2n) is 4.56. The van der Waals surface area contributed by atoms with Gasteiger partial charge in [0.15, 0.2) is 5.96 Å².